The molecule has 31 heavy (non-hydrogen) atoms. The predicted molar refractivity (Wildman–Crippen MR) is 117 cm³/mol. The fourth-order valence-electron chi connectivity index (χ4n) is 4.11. The SMILES string of the molecule is CC(c1ccc(F)cc1)c1nc(C(=O)N[C@H]2CCOC2)cnc1NCCN1CCCC1. The van der Waals surface area contributed by atoms with Gasteiger partial charge >= 0.3 is 0 Å². The van der Waals surface area contributed by atoms with Crippen molar-refractivity contribution in [1.29, 1.82) is 0 Å². The summed E-state index contributed by atoms with van der Waals surface area (Å²) in [4.78, 5) is 24.4. The lowest BCUT2D eigenvalue weighted by atomic mass is 9.97. The molecule has 1 unspecified atom stereocenters. The van der Waals surface area contributed by atoms with Crippen LogP contribution in [-0.4, -0.2) is 66.2 Å². The molecule has 2 aromatic rings. The molecule has 2 saturated heterocycles. The summed E-state index contributed by atoms with van der Waals surface area (Å²) in [5.74, 6) is -0.0150. The van der Waals surface area contributed by atoms with E-state index >= 15 is 0 Å². The van der Waals surface area contributed by atoms with E-state index in [2.05, 4.69) is 25.5 Å². The molecule has 0 bridgehead atoms. The highest BCUT2D eigenvalue weighted by Crippen LogP contribution is 2.27. The second-order valence-electron chi connectivity index (χ2n) is 8.27. The minimum absolute atomic E-state index is 0.00512. The second kappa shape index (κ2) is 10.2. The summed E-state index contributed by atoms with van der Waals surface area (Å²) in [6.07, 6.45) is 4.82. The Bertz CT molecular complexity index is 880. The number of likely N-dealkylation sites (tertiary alicyclic amines) is 1. The predicted octanol–water partition coefficient (Wildman–Crippen LogP) is 2.79. The molecule has 4 rings (SSSR count). The van der Waals surface area contributed by atoms with Crippen LogP contribution in [0.2, 0.25) is 0 Å². The first-order chi connectivity index (χ1) is 15.1. The molecule has 2 aliphatic rings. The molecule has 0 radical (unpaired) electrons. The summed E-state index contributed by atoms with van der Waals surface area (Å²) >= 11 is 0. The van der Waals surface area contributed by atoms with Crippen molar-refractivity contribution in [3.05, 3.63) is 53.2 Å². The first-order valence-corrected chi connectivity index (χ1v) is 11.1. The number of hydrogen-bond donors (Lipinski definition) is 2. The van der Waals surface area contributed by atoms with Gasteiger partial charge in [0.1, 0.15) is 17.3 Å². The Morgan fingerprint density at radius 1 is 1.29 bits per heavy atom. The van der Waals surface area contributed by atoms with E-state index in [1.165, 1.54) is 31.2 Å². The van der Waals surface area contributed by atoms with Crippen molar-refractivity contribution >= 4 is 11.7 Å². The Morgan fingerprint density at radius 2 is 2.06 bits per heavy atom. The number of carbonyl (C=O) groups is 1. The number of halogens is 1. The molecular formula is C23H30FN5O2. The number of nitrogens with one attached hydrogen (secondary N) is 2. The number of benzene rings is 1. The van der Waals surface area contributed by atoms with Gasteiger partial charge in [0.05, 0.1) is 24.5 Å². The lowest BCUT2D eigenvalue weighted by molar-refractivity contribution is 0.0924. The van der Waals surface area contributed by atoms with Crippen LogP contribution in [0.1, 0.15) is 53.8 Å². The van der Waals surface area contributed by atoms with Gasteiger partial charge in [0.2, 0.25) is 0 Å². The number of aromatic nitrogens is 2. The smallest absolute Gasteiger partial charge is 0.271 e. The minimum Gasteiger partial charge on any atom is -0.379 e. The van der Waals surface area contributed by atoms with E-state index in [0.717, 1.165) is 38.2 Å². The fourth-order valence-corrected chi connectivity index (χ4v) is 4.11. The lowest BCUT2D eigenvalue weighted by Crippen LogP contribution is -2.35. The zero-order valence-electron chi connectivity index (χ0n) is 17.9. The molecule has 7 nitrogen and oxygen atoms in total. The molecular weight excluding hydrogens is 397 g/mol. The number of anilines is 1. The van der Waals surface area contributed by atoms with E-state index < -0.39 is 0 Å². The van der Waals surface area contributed by atoms with Crippen molar-refractivity contribution in [1.82, 2.24) is 20.2 Å². The molecule has 2 fully saturated rings. The first-order valence-electron chi connectivity index (χ1n) is 11.1. The van der Waals surface area contributed by atoms with Crippen molar-refractivity contribution in [2.24, 2.45) is 0 Å². The molecule has 1 aromatic heterocycles. The minimum atomic E-state index is -0.280. The van der Waals surface area contributed by atoms with Crippen LogP contribution < -0.4 is 10.6 Å². The maximum atomic E-state index is 13.4. The monoisotopic (exact) mass is 427 g/mol. The van der Waals surface area contributed by atoms with Crippen molar-refractivity contribution < 1.29 is 13.9 Å². The summed E-state index contributed by atoms with van der Waals surface area (Å²) in [5, 5.41) is 6.37. The Hall–Kier alpha value is -2.58. The van der Waals surface area contributed by atoms with Crippen LogP contribution in [0.5, 0.6) is 0 Å². The van der Waals surface area contributed by atoms with E-state index in [9.17, 15) is 9.18 Å². The lowest BCUT2D eigenvalue weighted by Gasteiger charge is -2.19. The maximum absolute atomic E-state index is 13.4. The van der Waals surface area contributed by atoms with Gasteiger partial charge in [0.15, 0.2) is 0 Å². The van der Waals surface area contributed by atoms with Gasteiger partial charge in [-0.15, -0.1) is 0 Å². The third-order valence-corrected chi connectivity index (χ3v) is 6.00. The second-order valence-corrected chi connectivity index (χ2v) is 8.27. The van der Waals surface area contributed by atoms with Crippen LogP contribution in [0.3, 0.4) is 0 Å². The van der Waals surface area contributed by atoms with Crippen molar-refractivity contribution in [2.45, 2.75) is 38.1 Å². The zero-order chi connectivity index (χ0) is 21.6. The molecule has 3 heterocycles. The topological polar surface area (TPSA) is 79.4 Å². The number of rotatable bonds is 8. The van der Waals surface area contributed by atoms with E-state index in [0.29, 0.717) is 24.7 Å². The molecule has 2 N–H and O–H groups in total. The summed E-state index contributed by atoms with van der Waals surface area (Å²) < 4.78 is 18.7. The van der Waals surface area contributed by atoms with Gasteiger partial charge in [0.25, 0.3) is 5.91 Å². The van der Waals surface area contributed by atoms with E-state index in [1.807, 2.05) is 6.92 Å². The standard InChI is InChI=1S/C23H30FN5O2/c1-16(17-4-6-18(24)7-5-17)21-22(25-9-12-29-10-2-3-11-29)26-14-20(28-21)23(30)27-19-8-13-31-15-19/h4-7,14,16,19H,2-3,8-13,15H2,1H3,(H,25,26)(H,27,30)/t16?,19-/m0/s1. The van der Waals surface area contributed by atoms with Crippen LogP contribution in [0.4, 0.5) is 10.2 Å². The molecule has 1 amide bonds. The number of nitrogens with zero attached hydrogens (tertiary/aromatic N) is 3. The number of carbonyl (C=O) groups excluding carboxylic acids is 1. The zero-order valence-corrected chi connectivity index (χ0v) is 17.9. The Morgan fingerprint density at radius 3 is 2.77 bits per heavy atom. The van der Waals surface area contributed by atoms with Crippen molar-refractivity contribution in [3.8, 4) is 0 Å². The van der Waals surface area contributed by atoms with Crippen LogP contribution in [0.25, 0.3) is 0 Å². The van der Waals surface area contributed by atoms with Gasteiger partial charge in [-0.25, -0.2) is 14.4 Å². The summed E-state index contributed by atoms with van der Waals surface area (Å²) in [6.45, 7) is 7.14. The number of amides is 1. The Kier molecular flexibility index (Phi) is 7.09. The normalized spacial score (nSPS) is 20.0. The van der Waals surface area contributed by atoms with E-state index in [1.54, 1.807) is 12.1 Å². The molecule has 2 aliphatic heterocycles. The summed E-state index contributed by atoms with van der Waals surface area (Å²) in [6, 6.07) is 6.38. The molecule has 166 valence electrons. The quantitative estimate of drug-likeness (QED) is 0.675. The summed E-state index contributed by atoms with van der Waals surface area (Å²) in [7, 11) is 0. The fraction of sp³-hybridized carbons (Fsp3) is 0.522. The van der Waals surface area contributed by atoms with Gasteiger partial charge in [-0.1, -0.05) is 19.1 Å². The third kappa shape index (κ3) is 5.57. The van der Waals surface area contributed by atoms with Gasteiger partial charge in [-0.2, -0.15) is 0 Å². The third-order valence-electron chi connectivity index (χ3n) is 6.00. The van der Waals surface area contributed by atoms with Crippen molar-refractivity contribution in [2.75, 3.05) is 44.7 Å². The average molecular weight is 428 g/mol. The van der Waals surface area contributed by atoms with Crippen LogP contribution in [0.15, 0.2) is 30.5 Å². The van der Waals surface area contributed by atoms with Gasteiger partial charge in [-0.05, 0) is 50.0 Å². The van der Waals surface area contributed by atoms with E-state index in [4.69, 9.17) is 4.74 Å². The summed E-state index contributed by atoms with van der Waals surface area (Å²) in [5.41, 5.74) is 1.88. The van der Waals surface area contributed by atoms with Gasteiger partial charge in [0, 0.05) is 25.6 Å². The van der Waals surface area contributed by atoms with Gasteiger partial charge < -0.3 is 20.3 Å². The molecule has 0 spiro atoms. The first kappa shape index (κ1) is 21.6. The largest absolute Gasteiger partial charge is 0.379 e. The number of hydrogen-bond acceptors (Lipinski definition) is 6. The molecule has 8 heteroatoms. The molecule has 0 saturated carbocycles. The highest BCUT2D eigenvalue weighted by molar-refractivity contribution is 5.92. The molecule has 1 aromatic carbocycles. The van der Waals surface area contributed by atoms with Gasteiger partial charge in [-0.3, -0.25) is 4.79 Å². The molecule has 0 aliphatic carbocycles. The highest BCUT2D eigenvalue weighted by atomic mass is 19.1. The maximum Gasteiger partial charge on any atom is 0.271 e. The van der Waals surface area contributed by atoms with E-state index in [-0.39, 0.29) is 29.4 Å². The van der Waals surface area contributed by atoms with Crippen LogP contribution in [0, 0.1) is 5.82 Å². The average Bonchev–Trinajstić information content (AvgIpc) is 3.48. The Balaban J connectivity index is 1.53. The van der Waals surface area contributed by atoms with Crippen LogP contribution in [-0.2, 0) is 4.74 Å². The van der Waals surface area contributed by atoms with Crippen LogP contribution >= 0.6 is 0 Å². The molecule has 2 atom stereocenters. The Labute approximate surface area is 182 Å². The highest BCUT2D eigenvalue weighted by Gasteiger charge is 2.23. The van der Waals surface area contributed by atoms with Crippen molar-refractivity contribution in [3.63, 3.8) is 0 Å². The number of ether oxygens (including phenoxy) is 1.